The average Bonchev–Trinajstić information content (AvgIpc) is 2.08. The van der Waals surface area contributed by atoms with Crippen molar-refractivity contribution in [3.63, 3.8) is 0 Å². The molecule has 0 aromatic rings. The SMILES string of the molecule is C=[C](C#N)[Pb]([CH2]C)([CH2]C)[CH2]C. The summed E-state index contributed by atoms with van der Waals surface area (Å²) >= 11 is -2.25. The van der Waals surface area contributed by atoms with Crippen molar-refractivity contribution in [2.45, 2.75) is 32.7 Å². The van der Waals surface area contributed by atoms with Gasteiger partial charge in [0.15, 0.2) is 0 Å². The molecule has 0 N–H and O–H groups in total. The molecule has 0 radical (unpaired) electrons. The van der Waals surface area contributed by atoms with Crippen LogP contribution in [0.1, 0.15) is 20.8 Å². The van der Waals surface area contributed by atoms with Crippen molar-refractivity contribution in [1.29, 1.82) is 5.26 Å². The van der Waals surface area contributed by atoms with Gasteiger partial charge in [0.25, 0.3) is 0 Å². The van der Waals surface area contributed by atoms with Crippen LogP contribution in [-0.4, -0.2) is 21.2 Å². The first-order valence-corrected chi connectivity index (χ1v) is 14.4. The second-order valence-electron chi connectivity index (χ2n) is 2.93. The molecule has 0 saturated carbocycles. The Hall–Kier alpha value is 0.152. The van der Waals surface area contributed by atoms with E-state index in [1.165, 1.54) is 11.9 Å². The van der Waals surface area contributed by atoms with E-state index in [0.717, 1.165) is 3.13 Å². The first-order chi connectivity index (χ1) is 5.16. The van der Waals surface area contributed by atoms with E-state index in [4.69, 9.17) is 5.26 Å². The van der Waals surface area contributed by atoms with Gasteiger partial charge in [-0.25, -0.2) is 0 Å². The van der Waals surface area contributed by atoms with Gasteiger partial charge in [0.1, 0.15) is 0 Å². The first kappa shape index (κ1) is 11.2. The zero-order valence-corrected chi connectivity index (χ0v) is 11.7. The van der Waals surface area contributed by atoms with Gasteiger partial charge in [-0.15, -0.1) is 0 Å². The van der Waals surface area contributed by atoms with Crippen molar-refractivity contribution >= 4 is 21.2 Å². The minimum atomic E-state index is -2.25. The van der Waals surface area contributed by atoms with Crippen molar-refractivity contribution in [1.82, 2.24) is 0 Å². The molecule has 62 valence electrons. The molecule has 0 unspecified atom stereocenters. The molecule has 0 atom stereocenters. The molecule has 0 aliphatic rings. The Kier molecular flexibility index (Phi) is 4.98. The van der Waals surface area contributed by atoms with Gasteiger partial charge < -0.3 is 0 Å². The van der Waals surface area contributed by atoms with Gasteiger partial charge in [-0.3, -0.25) is 0 Å². The Morgan fingerprint density at radius 3 is 1.73 bits per heavy atom. The number of nitrogens with zero attached hydrogens (tertiary/aromatic N) is 1. The fraction of sp³-hybridized carbons (Fsp3) is 0.667. The van der Waals surface area contributed by atoms with E-state index in [9.17, 15) is 0 Å². The summed E-state index contributed by atoms with van der Waals surface area (Å²) in [5, 5.41) is 8.77. The van der Waals surface area contributed by atoms with Gasteiger partial charge in [-0.05, 0) is 0 Å². The Morgan fingerprint density at radius 1 is 1.27 bits per heavy atom. The van der Waals surface area contributed by atoms with E-state index in [0.29, 0.717) is 0 Å². The average molecular weight is 346 g/mol. The normalized spacial score (nSPS) is 10.7. The van der Waals surface area contributed by atoms with Gasteiger partial charge in [-0.2, -0.15) is 0 Å². The Bertz CT molecular complexity index is 166. The maximum atomic E-state index is 8.77. The Labute approximate surface area is 74.8 Å². The molecule has 2 heteroatoms. The number of hydrogen-bond donors (Lipinski definition) is 0. The van der Waals surface area contributed by atoms with Crippen molar-refractivity contribution in [3.05, 3.63) is 9.71 Å². The van der Waals surface area contributed by atoms with Gasteiger partial charge in [-0.1, -0.05) is 0 Å². The summed E-state index contributed by atoms with van der Waals surface area (Å²) in [6.07, 6.45) is 0. The minimum absolute atomic E-state index is 0.963. The third-order valence-electron chi connectivity index (χ3n) is 2.81. The van der Waals surface area contributed by atoms with Crippen LogP contribution in [0.3, 0.4) is 0 Å². The van der Waals surface area contributed by atoms with Crippen LogP contribution in [0.5, 0.6) is 0 Å². The molecule has 0 spiro atoms. The summed E-state index contributed by atoms with van der Waals surface area (Å²) < 4.78 is 4.69. The van der Waals surface area contributed by atoms with E-state index in [1.807, 2.05) is 0 Å². The second-order valence-corrected chi connectivity index (χ2v) is 23.5. The zero-order valence-electron chi connectivity index (χ0n) is 7.78. The molecule has 11 heavy (non-hydrogen) atoms. The van der Waals surface area contributed by atoms with E-state index >= 15 is 0 Å². The molecule has 0 saturated heterocycles. The van der Waals surface area contributed by atoms with Crippen molar-refractivity contribution in [2.75, 3.05) is 0 Å². The number of rotatable bonds is 4. The van der Waals surface area contributed by atoms with E-state index in [2.05, 4.69) is 33.4 Å². The van der Waals surface area contributed by atoms with Crippen LogP contribution < -0.4 is 0 Å². The second kappa shape index (κ2) is 4.92. The number of nitriles is 1. The van der Waals surface area contributed by atoms with Gasteiger partial charge in [0, 0.05) is 0 Å². The van der Waals surface area contributed by atoms with Gasteiger partial charge >= 0.3 is 74.9 Å². The third-order valence-corrected chi connectivity index (χ3v) is 24.0. The van der Waals surface area contributed by atoms with Crippen LogP contribution in [0.4, 0.5) is 0 Å². The molecule has 0 rings (SSSR count). The Balaban J connectivity index is 4.57. The molecule has 0 aliphatic carbocycles. The molecule has 0 bridgehead atoms. The van der Waals surface area contributed by atoms with Gasteiger partial charge in [0.2, 0.25) is 0 Å². The topological polar surface area (TPSA) is 23.8 Å². The van der Waals surface area contributed by atoms with E-state index in [-0.39, 0.29) is 0 Å². The molecule has 0 amide bonds. The number of allylic oxidation sites excluding steroid dienone is 1. The quantitative estimate of drug-likeness (QED) is 0.567. The van der Waals surface area contributed by atoms with Crippen LogP contribution in [0.15, 0.2) is 9.71 Å². The summed E-state index contributed by atoms with van der Waals surface area (Å²) in [4.78, 5) is 0. The fourth-order valence-corrected chi connectivity index (χ4v) is 13.2. The number of hydrogen-bond acceptors (Lipinski definition) is 1. The van der Waals surface area contributed by atoms with Crippen molar-refractivity contribution in [3.8, 4) is 6.07 Å². The summed E-state index contributed by atoms with van der Waals surface area (Å²) in [5.41, 5.74) is 0. The molecule has 0 aromatic carbocycles. The molecule has 0 aliphatic heterocycles. The fourth-order valence-electron chi connectivity index (χ4n) is 1.51. The molecular formula is C9H17NPb. The van der Waals surface area contributed by atoms with Crippen LogP contribution in [0.25, 0.3) is 0 Å². The molecule has 0 aromatic heterocycles. The molecule has 0 fully saturated rings. The van der Waals surface area contributed by atoms with E-state index in [1.54, 1.807) is 0 Å². The summed E-state index contributed by atoms with van der Waals surface area (Å²) in [6.45, 7) is 10.6. The van der Waals surface area contributed by atoms with Crippen LogP contribution in [0, 0.1) is 11.3 Å². The summed E-state index contributed by atoms with van der Waals surface area (Å²) in [7, 11) is 0. The maximum absolute atomic E-state index is 8.77. The van der Waals surface area contributed by atoms with E-state index < -0.39 is 21.2 Å². The van der Waals surface area contributed by atoms with Gasteiger partial charge in [0.05, 0.1) is 0 Å². The zero-order chi connectivity index (χ0) is 8.91. The molecule has 0 heterocycles. The third kappa shape index (κ3) is 2.29. The first-order valence-electron chi connectivity index (χ1n) is 4.26. The van der Waals surface area contributed by atoms with Crippen LogP contribution >= 0.6 is 0 Å². The van der Waals surface area contributed by atoms with Crippen LogP contribution in [0.2, 0.25) is 11.9 Å². The Morgan fingerprint density at radius 2 is 1.64 bits per heavy atom. The standard InChI is InChI=1S/C3H2N.3C2H5.Pb/c1-2-3-4;3*1-2;/h1H2;3*1H2,2H3;. The summed E-state index contributed by atoms with van der Waals surface area (Å²) in [5.74, 6) is 0. The van der Waals surface area contributed by atoms with Crippen molar-refractivity contribution < 1.29 is 0 Å². The van der Waals surface area contributed by atoms with Crippen molar-refractivity contribution in [2.24, 2.45) is 0 Å². The predicted molar refractivity (Wildman–Crippen MR) is 52.0 cm³/mol. The predicted octanol–water partition coefficient (Wildman–Crippen LogP) is 3.11. The summed E-state index contributed by atoms with van der Waals surface area (Å²) in [6, 6.07) is 2.26. The monoisotopic (exact) mass is 347 g/mol. The molecule has 1 nitrogen and oxygen atoms in total. The molecular weight excluding hydrogens is 329 g/mol. The van der Waals surface area contributed by atoms with Crippen LogP contribution in [-0.2, 0) is 0 Å².